The summed E-state index contributed by atoms with van der Waals surface area (Å²) < 4.78 is 3.38. The minimum atomic E-state index is 0.435. The molecule has 0 saturated heterocycles. The van der Waals surface area contributed by atoms with Gasteiger partial charge >= 0.3 is 0 Å². The second-order valence-electron chi connectivity index (χ2n) is 5.10. The van der Waals surface area contributed by atoms with Gasteiger partial charge in [-0.25, -0.2) is 0 Å². The number of hydrogen-bond acceptors (Lipinski definition) is 2. The maximum absolute atomic E-state index is 3.92. The lowest BCUT2D eigenvalue weighted by Crippen LogP contribution is -2.43. The molecule has 1 unspecified atom stereocenters. The molecule has 0 bridgehead atoms. The van der Waals surface area contributed by atoms with Crippen molar-refractivity contribution in [3.8, 4) is 0 Å². The molecule has 1 N–H and O–H groups in total. The van der Waals surface area contributed by atoms with Crippen LogP contribution >= 0.6 is 22.9 Å². The standard InChI is InChI=1S/C18H25BIN2/c1-5-9-12-16(8-4)19-22-14-17(21-20)13-15(10-6-2)18(22)11-7-3/h5-12,17,21H,4,13-14H2,1-3H3/b9-5-,10-6-,11-7-,16-12+. The number of allylic oxidation sites excluding steroid dienone is 9. The Balaban J connectivity index is 3.15. The van der Waals surface area contributed by atoms with Crippen LogP contribution in [0, 0.1) is 0 Å². The molecule has 1 aliphatic heterocycles. The first kappa shape index (κ1) is 19.0. The van der Waals surface area contributed by atoms with Crippen molar-refractivity contribution < 1.29 is 0 Å². The van der Waals surface area contributed by atoms with Crippen LogP contribution < -0.4 is 3.53 Å². The molecule has 1 radical (unpaired) electrons. The topological polar surface area (TPSA) is 15.3 Å². The van der Waals surface area contributed by atoms with E-state index in [1.807, 2.05) is 25.2 Å². The van der Waals surface area contributed by atoms with Crippen LogP contribution in [0.5, 0.6) is 0 Å². The molecule has 22 heavy (non-hydrogen) atoms. The molecular formula is C18H25BIN2. The fourth-order valence-corrected chi connectivity index (χ4v) is 2.83. The molecule has 117 valence electrons. The lowest BCUT2D eigenvalue weighted by Gasteiger charge is -2.36. The van der Waals surface area contributed by atoms with Gasteiger partial charge in [0.25, 0.3) is 7.41 Å². The van der Waals surface area contributed by atoms with Crippen LogP contribution in [0.25, 0.3) is 0 Å². The van der Waals surface area contributed by atoms with Gasteiger partial charge in [0.15, 0.2) is 0 Å². The van der Waals surface area contributed by atoms with Crippen molar-refractivity contribution in [1.29, 1.82) is 0 Å². The van der Waals surface area contributed by atoms with Gasteiger partial charge in [-0.15, -0.1) is 0 Å². The van der Waals surface area contributed by atoms with E-state index in [0.29, 0.717) is 6.04 Å². The average Bonchev–Trinajstić information content (AvgIpc) is 2.54. The summed E-state index contributed by atoms with van der Waals surface area (Å²) in [5.41, 5.74) is 3.72. The fraction of sp³-hybridized carbons (Fsp3) is 0.333. The van der Waals surface area contributed by atoms with Gasteiger partial charge < -0.3 is 4.81 Å². The molecule has 4 heteroatoms. The summed E-state index contributed by atoms with van der Waals surface area (Å²) >= 11 is 2.25. The molecule has 2 nitrogen and oxygen atoms in total. The first-order valence-electron chi connectivity index (χ1n) is 7.61. The molecule has 0 spiro atoms. The third kappa shape index (κ3) is 5.65. The summed E-state index contributed by atoms with van der Waals surface area (Å²) in [6, 6.07) is 0.435. The predicted octanol–water partition coefficient (Wildman–Crippen LogP) is 4.67. The van der Waals surface area contributed by atoms with Crippen LogP contribution in [0.1, 0.15) is 27.2 Å². The van der Waals surface area contributed by atoms with E-state index >= 15 is 0 Å². The third-order valence-corrected chi connectivity index (χ3v) is 4.27. The Kier molecular flexibility index (Phi) is 9.24. The molecule has 0 aromatic heterocycles. The number of halogens is 1. The Bertz CT molecular complexity index is 515. The van der Waals surface area contributed by atoms with Crippen molar-refractivity contribution in [3.63, 3.8) is 0 Å². The predicted molar refractivity (Wildman–Crippen MR) is 108 cm³/mol. The van der Waals surface area contributed by atoms with E-state index in [0.717, 1.165) is 18.4 Å². The number of nitrogens with one attached hydrogen (secondary N) is 1. The fourth-order valence-electron chi connectivity index (χ4n) is 2.42. The molecule has 0 aromatic carbocycles. The minimum Gasteiger partial charge on any atom is -0.413 e. The Morgan fingerprint density at radius 2 is 2.00 bits per heavy atom. The summed E-state index contributed by atoms with van der Waals surface area (Å²) in [4.78, 5) is 2.31. The van der Waals surface area contributed by atoms with Crippen LogP contribution in [0.2, 0.25) is 0 Å². The van der Waals surface area contributed by atoms with E-state index in [9.17, 15) is 0 Å². The van der Waals surface area contributed by atoms with Gasteiger partial charge in [-0.2, -0.15) is 0 Å². The maximum atomic E-state index is 3.92. The summed E-state index contributed by atoms with van der Waals surface area (Å²) in [7, 11) is 2.17. The Labute approximate surface area is 150 Å². The van der Waals surface area contributed by atoms with E-state index < -0.39 is 0 Å². The lowest BCUT2D eigenvalue weighted by atomic mass is 9.76. The Hall–Kier alpha value is -1.01. The zero-order chi connectivity index (χ0) is 16.4. The van der Waals surface area contributed by atoms with Gasteiger partial charge in [-0.3, -0.25) is 3.53 Å². The van der Waals surface area contributed by atoms with Crippen LogP contribution in [0.15, 0.2) is 71.9 Å². The van der Waals surface area contributed by atoms with Crippen LogP contribution in [-0.2, 0) is 0 Å². The highest BCUT2D eigenvalue weighted by Gasteiger charge is 2.24. The van der Waals surface area contributed by atoms with E-state index in [4.69, 9.17) is 0 Å². The minimum absolute atomic E-state index is 0.435. The summed E-state index contributed by atoms with van der Waals surface area (Å²) in [6.07, 6.45) is 17.7. The number of rotatable bonds is 7. The van der Waals surface area contributed by atoms with Crippen LogP contribution in [-0.4, -0.2) is 24.8 Å². The highest BCUT2D eigenvalue weighted by molar-refractivity contribution is 14.1. The smallest absolute Gasteiger partial charge is 0.285 e. The SMILES string of the molecule is C=C/C([B]N1CC(NI)CC(/C=C\C)=C1/C=C\C)=C\C=C/C. The summed E-state index contributed by atoms with van der Waals surface area (Å²) in [5.74, 6) is 0. The first-order valence-corrected chi connectivity index (χ1v) is 8.69. The van der Waals surface area contributed by atoms with E-state index in [-0.39, 0.29) is 0 Å². The first-order chi connectivity index (χ1) is 10.7. The largest absolute Gasteiger partial charge is 0.413 e. The van der Waals surface area contributed by atoms with Gasteiger partial charge in [0, 0.05) is 41.1 Å². The molecule has 1 rings (SSSR count). The Morgan fingerprint density at radius 1 is 1.27 bits per heavy atom. The number of nitrogens with zero attached hydrogens (tertiary/aromatic N) is 1. The van der Waals surface area contributed by atoms with Gasteiger partial charge in [-0.05, 0) is 38.8 Å². The molecule has 0 fully saturated rings. The van der Waals surface area contributed by atoms with Gasteiger partial charge in [0.1, 0.15) is 0 Å². The quantitative estimate of drug-likeness (QED) is 0.286. The molecule has 0 saturated carbocycles. The zero-order valence-corrected chi connectivity index (χ0v) is 15.9. The van der Waals surface area contributed by atoms with Crippen molar-refractivity contribution in [3.05, 3.63) is 71.9 Å². The van der Waals surface area contributed by atoms with Gasteiger partial charge in [-0.1, -0.05) is 54.6 Å². The second-order valence-corrected chi connectivity index (χ2v) is 5.72. The molecule has 1 heterocycles. The highest BCUT2D eigenvalue weighted by atomic mass is 127. The average molecular weight is 407 g/mol. The van der Waals surface area contributed by atoms with Crippen LogP contribution in [0.4, 0.5) is 0 Å². The molecular weight excluding hydrogens is 382 g/mol. The van der Waals surface area contributed by atoms with Crippen molar-refractivity contribution in [2.45, 2.75) is 33.2 Å². The second kappa shape index (κ2) is 10.7. The highest BCUT2D eigenvalue weighted by Crippen LogP contribution is 2.25. The summed E-state index contributed by atoms with van der Waals surface area (Å²) in [6.45, 7) is 11.0. The normalized spacial score (nSPS) is 20.6. The van der Waals surface area contributed by atoms with E-state index in [2.05, 4.69) is 89.4 Å². The van der Waals surface area contributed by atoms with Crippen LogP contribution in [0.3, 0.4) is 0 Å². The third-order valence-electron chi connectivity index (χ3n) is 3.39. The van der Waals surface area contributed by atoms with Crippen molar-refractivity contribution in [2.75, 3.05) is 6.54 Å². The zero-order valence-electron chi connectivity index (χ0n) is 13.7. The molecule has 0 aromatic rings. The molecule has 1 atom stereocenters. The monoisotopic (exact) mass is 407 g/mol. The van der Waals surface area contributed by atoms with Gasteiger partial charge in [0.05, 0.1) is 0 Å². The lowest BCUT2D eigenvalue weighted by molar-refractivity contribution is 0.439. The van der Waals surface area contributed by atoms with E-state index in [1.54, 1.807) is 0 Å². The van der Waals surface area contributed by atoms with Crippen molar-refractivity contribution in [1.82, 2.24) is 8.34 Å². The molecule has 0 aliphatic carbocycles. The maximum Gasteiger partial charge on any atom is 0.285 e. The summed E-state index contributed by atoms with van der Waals surface area (Å²) in [5, 5.41) is 0. The Morgan fingerprint density at radius 3 is 2.55 bits per heavy atom. The molecule has 1 aliphatic rings. The van der Waals surface area contributed by atoms with Gasteiger partial charge in [0.2, 0.25) is 0 Å². The van der Waals surface area contributed by atoms with E-state index in [1.165, 1.54) is 11.3 Å². The number of hydrogen-bond donors (Lipinski definition) is 1. The van der Waals surface area contributed by atoms with Crippen molar-refractivity contribution >= 4 is 30.3 Å². The van der Waals surface area contributed by atoms with Crippen molar-refractivity contribution in [2.24, 2.45) is 0 Å². The molecule has 0 amide bonds.